The van der Waals surface area contributed by atoms with E-state index >= 15 is 0 Å². The summed E-state index contributed by atoms with van der Waals surface area (Å²) in [6.07, 6.45) is 1.36. The first kappa shape index (κ1) is 23.7. The average Bonchev–Trinajstić information content (AvgIpc) is 3.08. The number of amides is 3. The lowest BCUT2D eigenvalue weighted by atomic mass is 10.2. The van der Waals surface area contributed by atoms with Crippen molar-refractivity contribution in [2.75, 3.05) is 43.1 Å². The minimum absolute atomic E-state index is 0.0377. The van der Waals surface area contributed by atoms with Gasteiger partial charge in [-0.05, 0) is 41.6 Å². The Morgan fingerprint density at radius 1 is 1.21 bits per heavy atom. The molecule has 2 saturated heterocycles. The second-order valence-corrected chi connectivity index (χ2v) is 8.80. The van der Waals surface area contributed by atoms with Gasteiger partial charge in [0.2, 0.25) is 5.91 Å². The first-order valence-corrected chi connectivity index (χ1v) is 11.4. The van der Waals surface area contributed by atoms with Crippen molar-refractivity contribution in [3.8, 4) is 0 Å². The van der Waals surface area contributed by atoms with Gasteiger partial charge in [-0.15, -0.1) is 0 Å². The molecule has 10 nitrogen and oxygen atoms in total. The van der Waals surface area contributed by atoms with Crippen molar-refractivity contribution in [3.05, 3.63) is 68.1 Å². The number of morpholine rings is 1. The normalized spacial score (nSPS) is 17.4. The molecular formula is C22H19ClN4O6S. The number of nitrogens with one attached hydrogen (secondary N) is 1. The van der Waals surface area contributed by atoms with Gasteiger partial charge >= 0.3 is 0 Å². The first-order chi connectivity index (χ1) is 16.3. The van der Waals surface area contributed by atoms with Crippen LogP contribution in [0.15, 0.2) is 47.4 Å². The molecule has 1 N–H and O–H groups in total. The van der Waals surface area contributed by atoms with E-state index in [0.717, 1.165) is 10.6 Å². The van der Waals surface area contributed by atoms with Crippen molar-refractivity contribution < 1.29 is 24.0 Å². The fourth-order valence-electron chi connectivity index (χ4n) is 3.54. The summed E-state index contributed by atoms with van der Waals surface area (Å²) < 4.78 is 5.37. The molecule has 0 spiro atoms. The molecule has 0 unspecified atom stereocenters. The summed E-state index contributed by atoms with van der Waals surface area (Å²) >= 11 is 6.48. The summed E-state index contributed by atoms with van der Waals surface area (Å²) in [7, 11) is 0. The number of carbonyl (C=O) groups is 3. The lowest BCUT2D eigenvalue weighted by Gasteiger charge is -2.30. The van der Waals surface area contributed by atoms with Gasteiger partial charge in [0, 0.05) is 19.2 Å². The molecule has 0 aliphatic carbocycles. The van der Waals surface area contributed by atoms with Gasteiger partial charge in [-0.1, -0.05) is 29.8 Å². The minimum atomic E-state index is -0.649. The smallest absolute Gasteiger partial charge is 0.294 e. The Morgan fingerprint density at radius 3 is 2.68 bits per heavy atom. The molecule has 4 rings (SSSR count). The maximum atomic E-state index is 12.8. The zero-order valence-electron chi connectivity index (χ0n) is 17.7. The van der Waals surface area contributed by atoms with E-state index in [4.69, 9.17) is 16.3 Å². The lowest BCUT2D eigenvalue weighted by molar-refractivity contribution is -0.384. The molecule has 2 aromatic rings. The number of nitrogens with zero attached hydrogens (tertiary/aromatic N) is 3. The number of hydrogen-bond acceptors (Lipinski definition) is 8. The Kier molecular flexibility index (Phi) is 7.15. The van der Waals surface area contributed by atoms with Gasteiger partial charge in [0.25, 0.3) is 16.8 Å². The van der Waals surface area contributed by atoms with E-state index in [2.05, 4.69) is 10.2 Å². The van der Waals surface area contributed by atoms with E-state index in [1.807, 2.05) is 12.1 Å². The van der Waals surface area contributed by atoms with Crippen LogP contribution in [0.2, 0.25) is 5.02 Å². The van der Waals surface area contributed by atoms with Crippen LogP contribution in [-0.4, -0.2) is 59.7 Å². The first-order valence-electron chi connectivity index (χ1n) is 10.2. The van der Waals surface area contributed by atoms with E-state index in [-0.39, 0.29) is 15.6 Å². The number of nitro benzene ring substituents is 1. The molecule has 176 valence electrons. The summed E-state index contributed by atoms with van der Waals surface area (Å²) in [6.45, 7) is 2.08. The highest BCUT2D eigenvalue weighted by Crippen LogP contribution is 2.34. The average molecular weight is 503 g/mol. The van der Waals surface area contributed by atoms with Crippen LogP contribution >= 0.6 is 23.4 Å². The van der Waals surface area contributed by atoms with E-state index in [9.17, 15) is 24.5 Å². The maximum absolute atomic E-state index is 12.8. The standard InChI is InChI=1S/C22H19ClN4O6S/c23-15-6-5-14(11-18(15)27(31)32)12-19-21(29)26(22(30)34-19)13-20(28)24-16-3-1-2-4-17(16)25-7-9-33-10-8-25/h1-6,11-12H,7-10,13H2,(H,24,28)/b19-12-. The predicted octanol–water partition coefficient (Wildman–Crippen LogP) is 3.76. The van der Waals surface area contributed by atoms with Crippen LogP contribution in [-0.2, 0) is 14.3 Å². The van der Waals surface area contributed by atoms with E-state index in [1.165, 1.54) is 24.3 Å². The number of imide groups is 1. The van der Waals surface area contributed by atoms with Crippen molar-refractivity contribution in [3.63, 3.8) is 0 Å². The van der Waals surface area contributed by atoms with Crippen LogP contribution in [0, 0.1) is 10.1 Å². The molecule has 34 heavy (non-hydrogen) atoms. The van der Waals surface area contributed by atoms with Crippen molar-refractivity contribution >= 4 is 63.6 Å². The number of anilines is 2. The highest BCUT2D eigenvalue weighted by atomic mass is 35.5. The number of benzene rings is 2. The number of halogens is 1. The molecule has 0 saturated carbocycles. The third kappa shape index (κ3) is 5.22. The number of hydrogen-bond donors (Lipinski definition) is 1. The highest BCUT2D eigenvalue weighted by Gasteiger charge is 2.36. The second-order valence-electron chi connectivity index (χ2n) is 7.40. The van der Waals surface area contributed by atoms with E-state index in [0.29, 0.717) is 49.3 Å². The van der Waals surface area contributed by atoms with E-state index < -0.39 is 28.5 Å². The summed E-state index contributed by atoms with van der Waals surface area (Å²) in [5.41, 5.74) is 1.43. The van der Waals surface area contributed by atoms with Gasteiger partial charge in [-0.3, -0.25) is 29.4 Å². The fourth-order valence-corrected chi connectivity index (χ4v) is 4.56. The van der Waals surface area contributed by atoms with Crippen molar-refractivity contribution in [1.82, 2.24) is 4.90 Å². The zero-order chi connectivity index (χ0) is 24.2. The van der Waals surface area contributed by atoms with Crippen LogP contribution in [0.1, 0.15) is 5.56 Å². The Morgan fingerprint density at radius 2 is 1.94 bits per heavy atom. The molecule has 2 aromatic carbocycles. The maximum Gasteiger partial charge on any atom is 0.294 e. The molecule has 0 radical (unpaired) electrons. The molecule has 2 heterocycles. The third-order valence-corrected chi connectivity index (χ3v) is 6.40. The molecule has 12 heteroatoms. The van der Waals surface area contributed by atoms with Crippen molar-refractivity contribution in [1.29, 1.82) is 0 Å². The number of carbonyl (C=O) groups excluding carboxylic acids is 3. The number of thioether (sulfide) groups is 1. The Hall–Kier alpha value is -3.41. The molecule has 0 bridgehead atoms. The van der Waals surface area contributed by atoms with Crippen LogP contribution in [0.25, 0.3) is 6.08 Å². The second kappa shape index (κ2) is 10.2. The van der Waals surface area contributed by atoms with Crippen LogP contribution in [0.5, 0.6) is 0 Å². The predicted molar refractivity (Wildman–Crippen MR) is 129 cm³/mol. The summed E-state index contributed by atoms with van der Waals surface area (Å²) in [5.74, 6) is -1.17. The molecule has 2 aliphatic rings. The lowest BCUT2D eigenvalue weighted by Crippen LogP contribution is -2.38. The van der Waals surface area contributed by atoms with Crippen LogP contribution in [0.3, 0.4) is 0 Å². The molecule has 3 amide bonds. The summed E-state index contributed by atoms with van der Waals surface area (Å²) in [4.78, 5) is 51.3. The third-order valence-electron chi connectivity index (χ3n) is 5.17. The minimum Gasteiger partial charge on any atom is -0.378 e. The van der Waals surface area contributed by atoms with Gasteiger partial charge in [0.1, 0.15) is 11.6 Å². The molecular weight excluding hydrogens is 484 g/mol. The van der Waals surface area contributed by atoms with Crippen molar-refractivity contribution in [2.24, 2.45) is 0 Å². The SMILES string of the molecule is O=C(CN1C(=O)S/C(=C\c2ccc(Cl)c([N+](=O)[O-])c2)C1=O)Nc1ccccc1N1CCOCC1. The summed E-state index contributed by atoms with van der Waals surface area (Å²) in [5, 5.41) is 13.2. The van der Waals surface area contributed by atoms with Gasteiger partial charge in [0.05, 0.1) is 34.4 Å². The van der Waals surface area contributed by atoms with Crippen molar-refractivity contribution in [2.45, 2.75) is 0 Å². The Bertz CT molecular complexity index is 1200. The van der Waals surface area contributed by atoms with Gasteiger partial charge in [0.15, 0.2) is 0 Å². The quantitative estimate of drug-likeness (QED) is 0.360. The molecule has 2 aliphatic heterocycles. The van der Waals surface area contributed by atoms with Gasteiger partial charge in [-0.2, -0.15) is 0 Å². The highest BCUT2D eigenvalue weighted by molar-refractivity contribution is 8.18. The van der Waals surface area contributed by atoms with Crippen LogP contribution in [0.4, 0.5) is 21.9 Å². The molecule has 2 fully saturated rings. The summed E-state index contributed by atoms with van der Waals surface area (Å²) in [6, 6.07) is 11.3. The number of rotatable bonds is 6. The number of para-hydroxylation sites is 2. The Labute approximate surface area is 203 Å². The van der Waals surface area contributed by atoms with Gasteiger partial charge in [-0.25, -0.2) is 0 Å². The van der Waals surface area contributed by atoms with E-state index in [1.54, 1.807) is 12.1 Å². The number of ether oxygens (including phenoxy) is 1. The molecule has 0 atom stereocenters. The largest absolute Gasteiger partial charge is 0.378 e. The molecule has 0 aromatic heterocycles. The fraction of sp³-hybridized carbons (Fsp3) is 0.227. The zero-order valence-corrected chi connectivity index (χ0v) is 19.3. The van der Waals surface area contributed by atoms with Gasteiger partial charge < -0.3 is 15.0 Å². The monoisotopic (exact) mass is 502 g/mol. The Balaban J connectivity index is 1.46. The number of nitro groups is 1. The topological polar surface area (TPSA) is 122 Å². The van der Waals surface area contributed by atoms with Crippen LogP contribution < -0.4 is 10.2 Å².